The Bertz CT molecular complexity index is 7470. The van der Waals surface area contributed by atoms with Crippen LogP contribution in [0.2, 0.25) is 0 Å². The molecule has 0 aliphatic rings. The summed E-state index contributed by atoms with van der Waals surface area (Å²) in [5.41, 5.74) is 19.0. The fraction of sp³-hybridized carbons (Fsp3) is 0. The van der Waals surface area contributed by atoms with Crippen LogP contribution in [-0.4, -0.2) is 13.7 Å². The highest BCUT2D eigenvalue weighted by Gasteiger charge is 2.21. The lowest BCUT2D eigenvalue weighted by atomic mass is 9.97. The van der Waals surface area contributed by atoms with Crippen molar-refractivity contribution in [2.24, 2.45) is 0 Å². The number of rotatable bonds is 8. The van der Waals surface area contributed by atoms with Crippen molar-refractivity contribution in [1.29, 1.82) is 0 Å². The summed E-state index contributed by atoms with van der Waals surface area (Å²) in [5.74, 6) is 0. The van der Waals surface area contributed by atoms with E-state index in [0.717, 1.165) is 17.1 Å². The van der Waals surface area contributed by atoms with Gasteiger partial charge in [0.05, 0.1) is 33.1 Å². The zero-order chi connectivity index (χ0) is 69.5. The Morgan fingerprint density at radius 3 is 0.953 bits per heavy atom. The van der Waals surface area contributed by atoms with Gasteiger partial charge in [-0.3, -0.25) is 0 Å². The lowest BCUT2D eigenvalue weighted by molar-refractivity contribution is 1.18. The predicted molar refractivity (Wildman–Crippen MR) is 457 cm³/mol. The van der Waals surface area contributed by atoms with Gasteiger partial charge in [0, 0.05) is 107 Å². The number of fused-ring (bicyclic) bond motifs is 23. The highest BCUT2D eigenvalue weighted by Crippen LogP contribution is 2.47. The minimum absolute atomic E-state index is 1.13. The molecular formula is C100H62N4S2. The summed E-state index contributed by atoms with van der Waals surface area (Å²) in [6.45, 7) is 0. The number of thiophene rings is 2. The molecule has 0 fully saturated rings. The van der Waals surface area contributed by atoms with Crippen molar-refractivity contribution in [3.05, 3.63) is 376 Å². The fourth-order valence-corrected chi connectivity index (χ4v) is 19.5. The van der Waals surface area contributed by atoms with E-state index in [0.29, 0.717) is 0 Å². The predicted octanol–water partition coefficient (Wildman–Crippen LogP) is 28.8. The third kappa shape index (κ3) is 9.52. The molecule has 6 heteroatoms. The average molecular weight is 1380 g/mol. The first kappa shape index (κ1) is 60.2. The maximum absolute atomic E-state index is 2.44. The molecule has 0 spiro atoms. The molecule has 0 bridgehead atoms. The molecule has 4 nitrogen and oxygen atoms in total. The summed E-state index contributed by atoms with van der Waals surface area (Å²) in [5, 5.41) is 23.3. The minimum atomic E-state index is 1.13. The number of anilines is 3. The molecule has 5 heterocycles. The van der Waals surface area contributed by atoms with Crippen molar-refractivity contribution in [3.63, 3.8) is 0 Å². The minimum Gasteiger partial charge on any atom is -0.311 e. The second kappa shape index (κ2) is 24.1. The summed E-state index contributed by atoms with van der Waals surface area (Å²) < 4.78 is 12.6. The van der Waals surface area contributed by atoms with E-state index in [9.17, 15) is 0 Å². The van der Waals surface area contributed by atoms with Gasteiger partial charge in [-0.05, 0) is 217 Å². The molecule has 0 aliphatic carbocycles. The zero-order valence-corrected chi connectivity index (χ0v) is 59.0. The zero-order valence-electron chi connectivity index (χ0n) is 57.4. The largest absolute Gasteiger partial charge is 0.311 e. The molecule has 18 aromatic carbocycles. The molecule has 0 atom stereocenters. The molecule has 0 N–H and O–H groups in total. The van der Waals surface area contributed by atoms with E-state index in [1.165, 1.54) is 188 Å². The normalized spacial score (nSPS) is 12.0. The Kier molecular flexibility index (Phi) is 13.7. The molecule has 23 rings (SSSR count). The van der Waals surface area contributed by atoms with Crippen LogP contribution in [0.5, 0.6) is 0 Å². The Hall–Kier alpha value is -13.4. The highest BCUT2D eigenvalue weighted by atomic mass is 32.1. The number of nitrogens with zero attached hydrogens (tertiary/aromatic N) is 4. The van der Waals surface area contributed by atoms with Crippen molar-refractivity contribution in [2.75, 3.05) is 4.90 Å². The average Bonchev–Trinajstić information content (AvgIpc) is 1.68. The van der Waals surface area contributed by atoms with Gasteiger partial charge in [-0.2, -0.15) is 0 Å². The van der Waals surface area contributed by atoms with Crippen LogP contribution in [0, 0.1) is 0 Å². The van der Waals surface area contributed by atoms with E-state index in [1.54, 1.807) is 0 Å². The number of hydrogen-bond acceptors (Lipinski definition) is 3. The standard InChI is InChI=1S/C50H30N2S.C50H32N2S/c1-2-10-35(11-3-1)51-43-15-7-4-12-38(43)41-29-32(20-25-45(41)51)33-21-26-46-42(30-33)39-13-5-8-16-44(39)52(46)36-23-24-37-34(28-36)19-18-31-22-27-48-50(49(31)37)40-14-6-9-17-47(40)53-48;1-3-11-37(12-4-1)51(38-13-5-2-6-14-38)39-25-21-33(22-26-39)35-23-29-46-44(32-35)42-15-7-9-17-45(42)52(46)40-27-28-41-36(31-40)20-19-34-24-30-48-50(49(34)41)43-16-8-10-18-47(43)53-48/h1-30H;1-32H. The van der Waals surface area contributed by atoms with Gasteiger partial charge in [-0.15, -0.1) is 22.7 Å². The molecule has 0 saturated carbocycles. The van der Waals surface area contributed by atoms with Gasteiger partial charge in [0.2, 0.25) is 0 Å². The lowest BCUT2D eigenvalue weighted by Crippen LogP contribution is -2.09. The first-order chi connectivity index (χ1) is 52.6. The van der Waals surface area contributed by atoms with Crippen molar-refractivity contribution in [1.82, 2.24) is 13.7 Å². The maximum Gasteiger partial charge on any atom is 0.0541 e. The van der Waals surface area contributed by atoms with Gasteiger partial charge >= 0.3 is 0 Å². The molecule has 494 valence electrons. The van der Waals surface area contributed by atoms with E-state index in [4.69, 9.17) is 0 Å². The number of hydrogen-bond donors (Lipinski definition) is 0. The molecule has 0 unspecified atom stereocenters. The molecular weight excluding hydrogens is 1320 g/mol. The van der Waals surface area contributed by atoms with Crippen LogP contribution in [0.1, 0.15) is 0 Å². The first-order valence-corrected chi connectivity index (χ1v) is 37.9. The van der Waals surface area contributed by atoms with E-state index in [2.05, 4.69) is 395 Å². The van der Waals surface area contributed by atoms with Crippen LogP contribution in [0.4, 0.5) is 17.1 Å². The summed E-state index contributed by atoms with van der Waals surface area (Å²) in [7, 11) is 0. The van der Waals surface area contributed by atoms with Gasteiger partial charge in [-0.25, -0.2) is 0 Å². The third-order valence-electron chi connectivity index (χ3n) is 22.0. The number of benzene rings is 18. The van der Waals surface area contributed by atoms with Gasteiger partial charge < -0.3 is 18.6 Å². The quantitative estimate of drug-likeness (QED) is 0.139. The second-order valence-electron chi connectivity index (χ2n) is 27.9. The second-order valence-corrected chi connectivity index (χ2v) is 30.0. The molecule has 0 amide bonds. The van der Waals surface area contributed by atoms with Crippen LogP contribution in [-0.2, 0) is 0 Å². The lowest BCUT2D eigenvalue weighted by Gasteiger charge is -2.25. The van der Waals surface area contributed by atoms with Crippen LogP contribution in [0.25, 0.3) is 188 Å². The summed E-state index contributed by atoms with van der Waals surface area (Å²) in [6, 6.07) is 138. The van der Waals surface area contributed by atoms with Gasteiger partial charge in [0.25, 0.3) is 0 Å². The molecule has 0 saturated heterocycles. The van der Waals surface area contributed by atoms with Crippen molar-refractivity contribution in [3.8, 4) is 39.3 Å². The SMILES string of the molecule is c1ccc(-n2c3ccccc3c3cc(-c4ccc5c(c4)c4ccccc4n5-c4ccc5c(ccc6ccc7sc8ccccc8c7c65)c4)ccc32)cc1.c1ccc(N(c2ccccc2)c2ccc(-c3ccc4c(c3)c3ccccc3n4-c3ccc4c(ccc5ccc6sc7ccccc7c6c54)c3)cc2)cc1. The van der Waals surface area contributed by atoms with Gasteiger partial charge in [0.15, 0.2) is 0 Å². The van der Waals surface area contributed by atoms with Crippen LogP contribution >= 0.6 is 22.7 Å². The van der Waals surface area contributed by atoms with Crippen molar-refractivity contribution in [2.45, 2.75) is 0 Å². The van der Waals surface area contributed by atoms with Crippen LogP contribution in [0.3, 0.4) is 0 Å². The Balaban J connectivity index is 0.000000132. The fourth-order valence-electron chi connectivity index (χ4n) is 17.3. The summed E-state index contributed by atoms with van der Waals surface area (Å²) in [4.78, 5) is 2.30. The number of para-hydroxylation sites is 6. The van der Waals surface area contributed by atoms with Crippen molar-refractivity contribution >= 4 is 189 Å². The molecule has 23 aromatic rings. The summed E-state index contributed by atoms with van der Waals surface area (Å²) in [6.07, 6.45) is 0. The Labute approximate surface area is 618 Å². The maximum atomic E-state index is 2.44. The van der Waals surface area contributed by atoms with E-state index in [-0.39, 0.29) is 0 Å². The van der Waals surface area contributed by atoms with E-state index >= 15 is 0 Å². The molecule has 5 aromatic heterocycles. The number of aromatic nitrogens is 3. The topological polar surface area (TPSA) is 18.0 Å². The molecule has 0 radical (unpaired) electrons. The molecule has 0 aliphatic heterocycles. The van der Waals surface area contributed by atoms with E-state index < -0.39 is 0 Å². The van der Waals surface area contributed by atoms with Crippen LogP contribution in [0.15, 0.2) is 376 Å². The smallest absolute Gasteiger partial charge is 0.0541 e. The third-order valence-corrected chi connectivity index (χ3v) is 24.3. The van der Waals surface area contributed by atoms with Gasteiger partial charge in [-0.1, -0.05) is 224 Å². The highest BCUT2D eigenvalue weighted by molar-refractivity contribution is 7.26. The molecule has 106 heavy (non-hydrogen) atoms. The van der Waals surface area contributed by atoms with Crippen molar-refractivity contribution < 1.29 is 0 Å². The Morgan fingerprint density at radius 1 is 0.179 bits per heavy atom. The van der Waals surface area contributed by atoms with E-state index in [1.807, 2.05) is 22.7 Å². The van der Waals surface area contributed by atoms with Gasteiger partial charge in [0.1, 0.15) is 0 Å². The monoisotopic (exact) mass is 1380 g/mol. The Morgan fingerprint density at radius 2 is 0.509 bits per heavy atom. The first-order valence-electron chi connectivity index (χ1n) is 36.3. The summed E-state index contributed by atoms with van der Waals surface area (Å²) >= 11 is 3.77. The van der Waals surface area contributed by atoms with Crippen LogP contribution < -0.4 is 4.90 Å².